The number of nitrogens with two attached hydrogens (primary N) is 1. The predicted molar refractivity (Wildman–Crippen MR) is 95.9 cm³/mol. The highest BCUT2D eigenvalue weighted by atomic mass is 16.5. The number of rotatable bonds is 3. The number of hydrogen-bond acceptors (Lipinski definition) is 3. The number of allylic oxidation sites excluding steroid dienone is 5. The molecule has 2 aromatic carbocycles. The van der Waals surface area contributed by atoms with Crippen molar-refractivity contribution in [3.8, 4) is 5.75 Å². The molecular weight excluding hydrogens is 284 g/mol. The third kappa shape index (κ3) is 3.24. The molecule has 1 aliphatic carbocycles. The maximum atomic E-state index is 7.69. The number of nitrogen functional groups attached to an aromatic ring is 1. The van der Waals surface area contributed by atoms with E-state index in [1.165, 1.54) is 0 Å². The highest BCUT2D eigenvalue weighted by molar-refractivity contribution is 6.05. The summed E-state index contributed by atoms with van der Waals surface area (Å²) in [6.45, 7) is 0. The van der Waals surface area contributed by atoms with E-state index in [0.717, 1.165) is 33.7 Å². The van der Waals surface area contributed by atoms with Crippen LogP contribution in [-0.4, -0.2) is 12.8 Å². The molecule has 1 aliphatic rings. The van der Waals surface area contributed by atoms with Gasteiger partial charge in [0.1, 0.15) is 5.75 Å². The Morgan fingerprint density at radius 1 is 0.913 bits per heavy atom. The van der Waals surface area contributed by atoms with Crippen LogP contribution in [-0.2, 0) is 0 Å². The van der Waals surface area contributed by atoms with Crippen LogP contribution in [0.15, 0.2) is 78.4 Å². The van der Waals surface area contributed by atoms with Crippen LogP contribution in [0.4, 0.5) is 5.69 Å². The zero-order valence-electron chi connectivity index (χ0n) is 12.9. The average Bonchev–Trinajstić information content (AvgIpc) is 2.59. The van der Waals surface area contributed by atoms with Gasteiger partial charge in [-0.3, -0.25) is 0 Å². The molecule has 2 aromatic rings. The van der Waals surface area contributed by atoms with Gasteiger partial charge in [0.25, 0.3) is 0 Å². The van der Waals surface area contributed by atoms with Crippen LogP contribution < -0.4 is 10.5 Å². The molecule has 23 heavy (non-hydrogen) atoms. The van der Waals surface area contributed by atoms with Crippen molar-refractivity contribution in [1.29, 1.82) is 5.41 Å². The third-order valence-electron chi connectivity index (χ3n) is 3.73. The Bertz CT molecular complexity index is 809. The van der Waals surface area contributed by atoms with Gasteiger partial charge in [-0.25, -0.2) is 0 Å². The van der Waals surface area contributed by atoms with Crippen LogP contribution in [0.3, 0.4) is 0 Å². The SMILES string of the molecule is COc1cccc(C(=C2C=CC(=N)C=C2)c2ccc(N)cc2)c1. The van der Waals surface area contributed by atoms with Crippen LogP contribution in [0.2, 0.25) is 0 Å². The molecule has 0 saturated heterocycles. The number of methoxy groups -OCH3 is 1. The molecule has 0 aromatic heterocycles. The first-order chi connectivity index (χ1) is 11.2. The van der Waals surface area contributed by atoms with Gasteiger partial charge in [-0.2, -0.15) is 0 Å². The fourth-order valence-corrected chi connectivity index (χ4v) is 2.57. The highest BCUT2D eigenvalue weighted by Gasteiger charge is 2.11. The van der Waals surface area contributed by atoms with Gasteiger partial charge >= 0.3 is 0 Å². The normalized spacial score (nSPS) is 13.3. The summed E-state index contributed by atoms with van der Waals surface area (Å²) in [6, 6.07) is 15.8. The molecule has 114 valence electrons. The number of benzene rings is 2. The lowest BCUT2D eigenvalue weighted by Gasteiger charge is -2.15. The van der Waals surface area contributed by atoms with Crippen molar-refractivity contribution in [3.05, 3.63) is 89.5 Å². The zero-order valence-corrected chi connectivity index (χ0v) is 12.9. The predicted octanol–water partition coefficient (Wildman–Crippen LogP) is 4.23. The maximum Gasteiger partial charge on any atom is 0.119 e. The fourth-order valence-electron chi connectivity index (χ4n) is 2.57. The molecule has 0 unspecified atom stereocenters. The van der Waals surface area contributed by atoms with E-state index < -0.39 is 0 Å². The average molecular weight is 302 g/mol. The largest absolute Gasteiger partial charge is 0.497 e. The molecule has 3 nitrogen and oxygen atoms in total. The van der Waals surface area contributed by atoms with E-state index in [-0.39, 0.29) is 0 Å². The van der Waals surface area contributed by atoms with Gasteiger partial charge in [-0.05, 0) is 58.7 Å². The molecule has 0 fully saturated rings. The summed E-state index contributed by atoms with van der Waals surface area (Å²) in [5.41, 5.74) is 11.3. The van der Waals surface area contributed by atoms with Crippen molar-refractivity contribution in [2.75, 3.05) is 12.8 Å². The summed E-state index contributed by atoms with van der Waals surface area (Å²) in [5.74, 6) is 0.813. The molecular formula is C20H18N2O. The Morgan fingerprint density at radius 2 is 1.61 bits per heavy atom. The Morgan fingerprint density at radius 3 is 2.26 bits per heavy atom. The molecule has 0 saturated carbocycles. The van der Waals surface area contributed by atoms with Gasteiger partial charge in [0.05, 0.1) is 12.8 Å². The topological polar surface area (TPSA) is 59.1 Å². The maximum absolute atomic E-state index is 7.69. The van der Waals surface area contributed by atoms with E-state index in [0.29, 0.717) is 5.71 Å². The van der Waals surface area contributed by atoms with Crippen LogP contribution >= 0.6 is 0 Å². The Labute approximate surface area is 135 Å². The molecule has 0 amide bonds. The highest BCUT2D eigenvalue weighted by Crippen LogP contribution is 2.31. The molecule has 0 radical (unpaired) electrons. The number of hydrogen-bond donors (Lipinski definition) is 2. The van der Waals surface area contributed by atoms with Crippen molar-refractivity contribution in [2.45, 2.75) is 0 Å². The van der Waals surface area contributed by atoms with E-state index in [9.17, 15) is 0 Å². The summed E-state index contributed by atoms with van der Waals surface area (Å²) < 4.78 is 5.35. The first-order valence-corrected chi connectivity index (χ1v) is 7.37. The minimum absolute atomic E-state index is 0.496. The van der Waals surface area contributed by atoms with Crippen LogP contribution in [0, 0.1) is 5.41 Å². The molecule has 0 bridgehead atoms. The molecule has 3 heteroatoms. The molecule has 3 N–H and O–H groups in total. The first-order valence-electron chi connectivity index (χ1n) is 7.37. The van der Waals surface area contributed by atoms with Crippen molar-refractivity contribution in [2.24, 2.45) is 0 Å². The second kappa shape index (κ2) is 6.36. The van der Waals surface area contributed by atoms with Crippen molar-refractivity contribution in [3.63, 3.8) is 0 Å². The van der Waals surface area contributed by atoms with E-state index in [4.69, 9.17) is 15.9 Å². The number of nitrogens with one attached hydrogen (secondary N) is 1. The van der Waals surface area contributed by atoms with E-state index in [2.05, 4.69) is 6.07 Å². The Kier molecular flexibility index (Phi) is 4.11. The lowest BCUT2D eigenvalue weighted by Crippen LogP contribution is -1.98. The third-order valence-corrected chi connectivity index (χ3v) is 3.73. The minimum Gasteiger partial charge on any atom is -0.497 e. The lowest BCUT2D eigenvalue weighted by atomic mass is 9.90. The molecule has 0 atom stereocenters. The van der Waals surface area contributed by atoms with E-state index >= 15 is 0 Å². The van der Waals surface area contributed by atoms with Crippen LogP contribution in [0.1, 0.15) is 11.1 Å². The first kappa shape index (κ1) is 14.9. The summed E-state index contributed by atoms with van der Waals surface area (Å²) >= 11 is 0. The van der Waals surface area contributed by atoms with Crippen molar-refractivity contribution < 1.29 is 4.74 Å². The summed E-state index contributed by atoms with van der Waals surface area (Å²) in [5, 5.41) is 7.69. The van der Waals surface area contributed by atoms with Crippen molar-refractivity contribution >= 4 is 17.0 Å². The minimum atomic E-state index is 0.496. The van der Waals surface area contributed by atoms with Crippen molar-refractivity contribution in [1.82, 2.24) is 0 Å². The van der Waals surface area contributed by atoms with Gasteiger partial charge in [0.2, 0.25) is 0 Å². The smallest absolute Gasteiger partial charge is 0.119 e. The molecule has 0 spiro atoms. The van der Waals surface area contributed by atoms with Gasteiger partial charge in [-0.15, -0.1) is 0 Å². The second-order valence-electron chi connectivity index (χ2n) is 5.31. The van der Waals surface area contributed by atoms with Gasteiger partial charge in [0.15, 0.2) is 0 Å². The zero-order chi connectivity index (χ0) is 16.2. The Hall–Kier alpha value is -3.07. The fraction of sp³-hybridized carbons (Fsp3) is 0.0500. The number of ether oxygens (including phenoxy) is 1. The monoisotopic (exact) mass is 302 g/mol. The van der Waals surface area contributed by atoms with E-state index in [1.807, 2.05) is 54.6 Å². The summed E-state index contributed by atoms with van der Waals surface area (Å²) in [4.78, 5) is 0. The van der Waals surface area contributed by atoms with E-state index in [1.54, 1.807) is 19.3 Å². The molecule has 0 aliphatic heterocycles. The van der Waals surface area contributed by atoms with Crippen LogP contribution in [0.25, 0.3) is 5.57 Å². The molecule has 3 rings (SSSR count). The second-order valence-corrected chi connectivity index (χ2v) is 5.31. The quantitative estimate of drug-likeness (QED) is 0.834. The molecule has 0 heterocycles. The standard InChI is InChI=1S/C20H18N2O/c1-23-19-4-2-3-16(13-19)20(14-5-9-17(21)10-6-14)15-7-11-18(22)12-8-15/h2-13,21H,22H2,1H3. The Balaban J connectivity index is 2.20. The van der Waals surface area contributed by atoms with Gasteiger partial charge in [-0.1, -0.05) is 36.4 Å². The summed E-state index contributed by atoms with van der Waals surface area (Å²) in [6.07, 6.45) is 7.53. The number of anilines is 1. The summed E-state index contributed by atoms with van der Waals surface area (Å²) in [7, 11) is 1.66. The lowest BCUT2D eigenvalue weighted by molar-refractivity contribution is 0.414. The van der Waals surface area contributed by atoms with Gasteiger partial charge in [0, 0.05) is 5.69 Å². The van der Waals surface area contributed by atoms with Gasteiger partial charge < -0.3 is 15.9 Å². The van der Waals surface area contributed by atoms with Crippen LogP contribution in [0.5, 0.6) is 5.75 Å².